The fourth-order valence-corrected chi connectivity index (χ4v) is 5.83. The van der Waals surface area contributed by atoms with E-state index in [4.69, 9.17) is 10.5 Å². The summed E-state index contributed by atoms with van der Waals surface area (Å²) in [7, 11) is 1.80. The summed E-state index contributed by atoms with van der Waals surface area (Å²) in [5.74, 6) is -0.663. The molecule has 1 fully saturated rings. The molecule has 0 bridgehead atoms. The Labute approximate surface area is 244 Å². The number of aromatic nitrogens is 4. The van der Waals surface area contributed by atoms with Gasteiger partial charge in [-0.15, -0.1) is 0 Å². The van der Waals surface area contributed by atoms with E-state index in [9.17, 15) is 4.79 Å². The molecule has 0 saturated carbocycles. The van der Waals surface area contributed by atoms with Crippen molar-refractivity contribution in [2.24, 2.45) is 11.7 Å². The van der Waals surface area contributed by atoms with Crippen molar-refractivity contribution >= 4 is 17.1 Å². The molecule has 5 rings (SSSR count). The SMILES string of the molecule is CC(=O)N(C)[C@@H]1[C@H](N)CN(c2ccncc2Cc2ncc3ccc(-c4c(F)cc(COC(C)C)cc4F)nn23)C[C@@H]1C. The largest absolute Gasteiger partial charge is 0.374 e. The molecule has 42 heavy (non-hydrogen) atoms. The van der Waals surface area contributed by atoms with E-state index in [-0.39, 0.29) is 47.9 Å². The number of piperidine rings is 1. The summed E-state index contributed by atoms with van der Waals surface area (Å²) in [6.07, 6.45) is 5.55. The Bertz CT molecular complexity index is 1560. The number of fused-ring (bicyclic) bond motifs is 1. The van der Waals surface area contributed by atoms with Crippen molar-refractivity contribution < 1.29 is 18.3 Å². The zero-order valence-electron chi connectivity index (χ0n) is 24.6. The Hall–Kier alpha value is -3.96. The van der Waals surface area contributed by atoms with Gasteiger partial charge in [0.05, 0.1) is 41.7 Å². The van der Waals surface area contributed by atoms with Gasteiger partial charge >= 0.3 is 0 Å². The maximum Gasteiger partial charge on any atom is 0.219 e. The molecule has 0 unspecified atom stereocenters. The van der Waals surface area contributed by atoms with Crippen molar-refractivity contribution in [3.05, 3.63) is 77.5 Å². The fourth-order valence-electron chi connectivity index (χ4n) is 5.83. The first-order valence-corrected chi connectivity index (χ1v) is 14.1. The van der Waals surface area contributed by atoms with Gasteiger partial charge in [-0.2, -0.15) is 5.10 Å². The van der Waals surface area contributed by atoms with Gasteiger partial charge in [-0.3, -0.25) is 9.78 Å². The second kappa shape index (κ2) is 12.1. The molecular weight excluding hydrogens is 540 g/mol. The van der Waals surface area contributed by atoms with Gasteiger partial charge in [0.1, 0.15) is 17.5 Å². The van der Waals surface area contributed by atoms with E-state index in [2.05, 4.69) is 26.9 Å². The normalized spacial score (nSPS) is 19.1. The molecule has 0 spiro atoms. The molecule has 9 nitrogen and oxygen atoms in total. The minimum absolute atomic E-state index is 0.00532. The third kappa shape index (κ3) is 5.98. The third-order valence-electron chi connectivity index (χ3n) is 7.87. The molecule has 1 aromatic carbocycles. The van der Waals surface area contributed by atoms with Crippen LogP contribution in [0.4, 0.5) is 14.5 Å². The topological polar surface area (TPSA) is 102 Å². The average Bonchev–Trinajstić information content (AvgIpc) is 3.33. The lowest BCUT2D eigenvalue weighted by atomic mass is 9.88. The maximum atomic E-state index is 15.1. The number of rotatable bonds is 8. The molecule has 2 N–H and O–H groups in total. The molecule has 222 valence electrons. The highest BCUT2D eigenvalue weighted by molar-refractivity contribution is 5.73. The van der Waals surface area contributed by atoms with Crippen LogP contribution in [0, 0.1) is 17.6 Å². The number of carbonyl (C=O) groups excluding carboxylic acids is 1. The van der Waals surface area contributed by atoms with Crippen molar-refractivity contribution in [1.82, 2.24) is 24.5 Å². The lowest BCUT2D eigenvalue weighted by Gasteiger charge is -2.46. The van der Waals surface area contributed by atoms with Gasteiger partial charge in [-0.25, -0.2) is 18.3 Å². The van der Waals surface area contributed by atoms with Gasteiger partial charge in [0.2, 0.25) is 5.91 Å². The number of anilines is 1. The third-order valence-corrected chi connectivity index (χ3v) is 7.87. The highest BCUT2D eigenvalue weighted by atomic mass is 19.1. The molecule has 1 aliphatic rings. The van der Waals surface area contributed by atoms with Crippen LogP contribution in [-0.4, -0.2) is 68.7 Å². The number of amides is 1. The second-order valence-electron chi connectivity index (χ2n) is 11.4. The van der Waals surface area contributed by atoms with Crippen LogP contribution in [0.25, 0.3) is 16.8 Å². The van der Waals surface area contributed by atoms with E-state index < -0.39 is 11.6 Å². The van der Waals surface area contributed by atoms with Crippen LogP contribution in [0.3, 0.4) is 0 Å². The summed E-state index contributed by atoms with van der Waals surface area (Å²) < 4.78 is 37.4. The number of nitrogens with two attached hydrogens (primary N) is 1. The quantitative estimate of drug-likeness (QED) is 0.335. The molecule has 0 radical (unpaired) electrons. The zero-order chi connectivity index (χ0) is 30.1. The van der Waals surface area contributed by atoms with Crippen LogP contribution in [-0.2, 0) is 22.6 Å². The monoisotopic (exact) mass is 577 g/mol. The van der Waals surface area contributed by atoms with Gasteiger partial charge in [-0.1, -0.05) is 6.92 Å². The van der Waals surface area contributed by atoms with Crippen LogP contribution in [0.2, 0.25) is 0 Å². The van der Waals surface area contributed by atoms with Crippen molar-refractivity contribution in [3.63, 3.8) is 0 Å². The first-order chi connectivity index (χ1) is 20.0. The fraction of sp³-hybridized carbons (Fsp3) is 0.419. The first kappa shape index (κ1) is 29.5. The number of imidazole rings is 1. The van der Waals surface area contributed by atoms with E-state index >= 15 is 8.78 Å². The number of carbonyl (C=O) groups is 1. The molecule has 0 aliphatic carbocycles. The van der Waals surface area contributed by atoms with E-state index in [1.807, 2.05) is 19.9 Å². The first-order valence-electron chi connectivity index (χ1n) is 14.1. The standard InChI is InChI=1S/C31H37F2N7O2/c1-18(2)42-17-21-10-24(32)30(25(33)11-21)27-7-6-23-14-36-29(40(23)37-27)12-22-13-35-9-8-28(22)39-15-19(3)31(26(34)16-39)38(5)20(4)41/h6-11,13-14,18-19,26,31H,12,15-17,34H2,1-5H3/t19-,26+,31-/m0/s1. The van der Waals surface area contributed by atoms with Crippen molar-refractivity contribution in [2.45, 2.75) is 58.9 Å². The van der Waals surface area contributed by atoms with Gasteiger partial charge in [0.15, 0.2) is 0 Å². The van der Waals surface area contributed by atoms with Gasteiger partial charge in [0.25, 0.3) is 0 Å². The molecule has 4 heterocycles. The van der Waals surface area contributed by atoms with Gasteiger partial charge in [0, 0.05) is 63.2 Å². The number of halogens is 2. The number of pyridine rings is 1. The Balaban J connectivity index is 1.43. The van der Waals surface area contributed by atoms with E-state index in [0.29, 0.717) is 36.4 Å². The number of likely N-dealkylation sites (N-methyl/N-ethyl adjacent to an activating group) is 1. The number of benzene rings is 1. The minimum atomic E-state index is -0.704. The van der Waals surface area contributed by atoms with Crippen LogP contribution in [0.1, 0.15) is 44.6 Å². The number of ether oxygens (including phenoxy) is 1. The summed E-state index contributed by atoms with van der Waals surface area (Å²) in [4.78, 5) is 24.9. The molecule has 3 aromatic heterocycles. The highest BCUT2D eigenvalue weighted by Crippen LogP contribution is 2.30. The smallest absolute Gasteiger partial charge is 0.219 e. The molecule has 1 saturated heterocycles. The predicted octanol–water partition coefficient (Wildman–Crippen LogP) is 4.22. The van der Waals surface area contributed by atoms with E-state index in [0.717, 1.165) is 11.3 Å². The average molecular weight is 578 g/mol. The molecule has 1 amide bonds. The van der Waals surface area contributed by atoms with E-state index in [1.54, 1.807) is 54.1 Å². The summed E-state index contributed by atoms with van der Waals surface area (Å²) in [5.41, 5.74) is 9.56. The van der Waals surface area contributed by atoms with Crippen LogP contribution >= 0.6 is 0 Å². The molecular formula is C31H37F2N7O2. The second-order valence-corrected chi connectivity index (χ2v) is 11.4. The summed E-state index contributed by atoms with van der Waals surface area (Å²) in [6.45, 7) is 8.80. The summed E-state index contributed by atoms with van der Waals surface area (Å²) in [5, 5.41) is 4.59. The predicted molar refractivity (Wildman–Crippen MR) is 157 cm³/mol. The van der Waals surface area contributed by atoms with Crippen LogP contribution in [0.15, 0.2) is 48.9 Å². The maximum absolute atomic E-state index is 15.1. The van der Waals surface area contributed by atoms with Crippen molar-refractivity contribution in [1.29, 1.82) is 0 Å². The Morgan fingerprint density at radius 3 is 2.57 bits per heavy atom. The number of hydrogen-bond acceptors (Lipinski definition) is 7. The number of hydrogen-bond donors (Lipinski definition) is 1. The number of nitrogens with zero attached hydrogens (tertiary/aromatic N) is 6. The Morgan fingerprint density at radius 1 is 1.17 bits per heavy atom. The molecule has 1 aliphatic heterocycles. The Morgan fingerprint density at radius 2 is 1.90 bits per heavy atom. The van der Waals surface area contributed by atoms with E-state index in [1.165, 1.54) is 12.1 Å². The molecule has 4 aromatic rings. The van der Waals surface area contributed by atoms with Crippen molar-refractivity contribution in [2.75, 3.05) is 25.0 Å². The van der Waals surface area contributed by atoms with Crippen LogP contribution < -0.4 is 10.6 Å². The van der Waals surface area contributed by atoms with Gasteiger partial charge in [-0.05, 0) is 55.7 Å². The van der Waals surface area contributed by atoms with Crippen molar-refractivity contribution in [3.8, 4) is 11.3 Å². The Kier molecular flexibility index (Phi) is 8.51. The highest BCUT2D eigenvalue weighted by Gasteiger charge is 2.36. The van der Waals surface area contributed by atoms with Gasteiger partial charge < -0.3 is 20.3 Å². The zero-order valence-corrected chi connectivity index (χ0v) is 24.6. The molecule has 11 heteroatoms. The lowest BCUT2D eigenvalue weighted by Crippen LogP contribution is -2.62. The summed E-state index contributed by atoms with van der Waals surface area (Å²) >= 11 is 0. The van der Waals surface area contributed by atoms with Crippen LogP contribution in [0.5, 0.6) is 0 Å². The minimum Gasteiger partial charge on any atom is -0.374 e. The molecule has 3 atom stereocenters. The summed E-state index contributed by atoms with van der Waals surface area (Å²) in [6, 6.07) is 7.57. The lowest BCUT2D eigenvalue weighted by molar-refractivity contribution is -0.131.